The van der Waals surface area contributed by atoms with Crippen LogP contribution in [0.1, 0.15) is 61.0 Å². The third kappa shape index (κ3) is 3.87. The Morgan fingerprint density at radius 2 is 1.79 bits per heavy atom. The van der Waals surface area contributed by atoms with Crippen molar-refractivity contribution < 1.29 is 4.79 Å². The van der Waals surface area contributed by atoms with Gasteiger partial charge in [-0.05, 0) is 38.3 Å². The molecule has 4 heterocycles. The Morgan fingerprint density at radius 1 is 1.03 bits per heavy atom. The molecule has 0 atom stereocenters. The zero-order chi connectivity index (χ0) is 20.4. The summed E-state index contributed by atoms with van der Waals surface area (Å²) in [5.41, 5.74) is 2.48. The molecule has 1 aliphatic rings. The molecule has 150 valence electrons. The first-order valence-electron chi connectivity index (χ1n) is 10.0. The first kappa shape index (κ1) is 19.2. The molecule has 3 aromatic heterocycles. The summed E-state index contributed by atoms with van der Waals surface area (Å²) in [7, 11) is 0. The van der Waals surface area contributed by atoms with E-state index in [9.17, 15) is 4.79 Å². The molecule has 8 heteroatoms. The first-order chi connectivity index (χ1) is 14.0. The molecule has 0 aromatic carbocycles. The van der Waals surface area contributed by atoms with Gasteiger partial charge in [-0.3, -0.25) is 9.78 Å². The molecule has 0 N–H and O–H groups in total. The molecule has 1 fully saturated rings. The Labute approximate surface area is 170 Å². The average molecular weight is 391 g/mol. The second-order valence-corrected chi connectivity index (χ2v) is 7.62. The van der Waals surface area contributed by atoms with Crippen LogP contribution in [-0.2, 0) is 0 Å². The number of carbonyl (C=O) groups excluding carboxylic acids is 1. The Kier molecular flexibility index (Phi) is 5.33. The normalized spacial score (nSPS) is 14.4. The van der Waals surface area contributed by atoms with Gasteiger partial charge in [0.1, 0.15) is 5.69 Å². The highest BCUT2D eigenvalue weighted by atomic mass is 16.2. The highest BCUT2D eigenvalue weighted by molar-refractivity contribution is 5.97. The molecule has 0 bridgehead atoms. The molecule has 29 heavy (non-hydrogen) atoms. The lowest BCUT2D eigenvalue weighted by Gasteiger charge is -2.26. The predicted octanol–water partition coefficient (Wildman–Crippen LogP) is 3.18. The molecular formula is C21H25N7O. The van der Waals surface area contributed by atoms with Gasteiger partial charge in [0.25, 0.3) is 5.91 Å². The lowest BCUT2D eigenvalue weighted by Crippen LogP contribution is -2.36. The number of pyridine rings is 1. The van der Waals surface area contributed by atoms with Crippen LogP contribution in [0.4, 0.5) is 0 Å². The van der Waals surface area contributed by atoms with Gasteiger partial charge in [0.05, 0.1) is 5.69 Å². The molecule has 8 nitrogen and oxygen atoms in total. The van der Waals surface area contributed by atoms with Crippen molar-refractivity contribution >= 4 is 5.91 Å². The van der Waals surface area contributed by atoms with E-state index in [1.54, 1.807) is 23.3 Å². The monoisotopic (exact) mass is 391 g/mol. The summed E-state index contributed by atoms with van der Waals surface area (Å²) in [5.74, 6) is 1.25. The highest BCUT2D eigenvalue weighted by Gasteiger charge is 2.27. The van der Waals surface area contributed by atoms with Crippen molar-refractivity contribution in [2.75, 3.05) is 13.1 Å². The molecule has 1 aliphatic heterocycles. The zero-order valence-corrected chi connectivity index (χ0v) is 17.0. The Balaban J connectivity index is 1.84. The summed E-state index contributed by atoms with van der Waals surface area (Å²) in [6.45, 7) is 7.51. The van der Waals surface area contributed by atoms with Gasteiger partial charge in [0, 0.05) is 43.3 Å². The maximum atomic E-state index is 13.2. The molecule has 4 rings (SSSR count). The van der Waals surface area contributed by atoms with E-state index in [4.69, 9.17) is 10.1 Å². The number of carbonyl (C=O) groups is 1. The number of hydrogen-bond donors (Lipinski definition) is 0. The van der Waals surface area contributed by atoms with Crippen LogP contribution in [0.25, 0.3) is 17.2 Å². The van der Waals surface area contributed by atoms with Crippen LogP contribution in [0.5, 0.6) is 0 Å². The van der Waals surface area contributed by atoms with Crippen LogP contribution in [0.15, 0.2) is 30.7 Å². The molecule has 0 unspecified atom stereocenters. The number of aromatic nitrogens is 6. The van der Waals surface area contributed by atoms with Crippen molar-refractivity contribution in [3.8, 4) is 17.2 Å². The van der Waals surface area contributed by atoms with Gasteiger partial charge in [0.15, 0.2) is 17.3 Å². The molecule has 0 radical (unpaired) electrons. The van der Waals surface area contributed by atoms with Gasteiger partial charge in [-0.1, -0.05) is 13.8 Å². The van der Waals surface area contributed by atoms with Gasteiger partial charge >= 0.3 is 0 Å². The minimum Gasteiger partial charge on any atom is -0.337 e. The molecule has 0 spiro atoms. The van der Waals surface area contributed by atoms with Crippen molar-refractivity contribution in [2.24, 2.45) is 0 Å². The number of aryl methyl sites for hydroxylation is 1. The standard InChI is InChI=1S/C21H25N7O/c1-14(2)19-25-20(28(26-19)16-7-8-22-15(3)13-16)17-18(24-10-9-23-17)21(29)27-11-5-4-6-12-27/h7-10,13-14H,4-6,11-12H2,1-3H3. The lowest BCUT2D eigenvalue weighted by molar-refractivity contribution is 0.0718. The summed E-state index contributed by atoms with van der Waals surface area (Å²) in [5, 5.41) is 4.70. The van der Waals surface area contributed by atoms with Crippen LogP contribution in [0, 0.1) is 6.92 Å². The van der Waals surface area contributed by atoms with Gasteiger partial charge in [-0.25, -0.2) is 19.6 Å². The fourth-order valence-corrected chi connectivity index (χ4v) is 3.47. The number of nitrogens with zero attached hydrogens (tertiary/aromatic N) is 7. The Hall–Kier alpha value is -3.16. The average Bonchev–Trinajstić information content (AvgIpc) is 3.20. The summed E-state index contributed by atoms with van der Waals surface area (Å²) in [4.78, 5) is 32.9. The topological polar surface area (TPSA) is 89.7 Å². The van der Waals surface area contributed by atoms with Gasteiger partial charge in [-0.2, -0.15) is 5.10 Å². The van der Waals surface area contributed by atoms with Gasteiger partial charge < -0.3 is 4.90 Å². The van der Waals surface area contributed by atoms with Crippen molar-refractivity contribution in [2.45, 2.75) is 46.0 Å². The van der Waals surface area contributed by atoms with Crippen LogP contribution < -0.4 is 0 Å². The lowest BCUT2D eigenvalue weighted by atomic mass is 10.1. The maximum absolute atomic E-state index is 13.2. The second kappa shape index (κ2) is 8.06. The van der Waals surface area contributed by atoms with Crippen LogP contribution >= 0.6 is 0 Å². The van der Waals surface area contributed by atoms with E-state index in [1.165, 1.54) is 0 Å². The molecule has 3 aromatic rings. The smallest absolute Gasteiger partial charge is 0.274 e. The minimum atomic E-state index is -0.0978. The van der Waals surface area contributed by atoms with E-state index in [-0.39, 0.29) is 11.8 Å². The van der Waals surface area contributed by atoms with Crippen molar-refractivity contribution in [1.82, 2.24) is 34.6 Å². The number of rotatable bonds is 4. The van der Waals surface area contributed by atoms with Crippen LogP contribution in [-0.4, -0.2) is 53.6 Å². The Morgan fingerprint density at radius 3 is 2.52 bits per heavy atom. The fourth-order valence-electron chi connectivity index (χ4n) is 3.47. The Bertz CT molecular complexity index is 1020. The van der Waals surface area contributed by atoms with E-state index in [1.807, 2.05) is 37.8 Å². The molecule has 0 aliphatic carbocycles. The van der Waals surface area contributed by atoms with Crippen LogP contribution in [0.2, 0.25) is 0 Å². The van der Waals surface area contributed by atoms with Gasteiger partial charge in [-0.15, -0.1) is 0 Å². The predicted molar refractivity (Wildman–Crippen MR) is 109 cm³/mol. The fraction of sp³-hybridized carbons (Fsp3) is 0.429. The summed E-state index contributed by atoms with van der Waals surface area (Å²) < 4.78 is 1.74. The van der Waals surface area contributed by atoms with E-state index in [0.717, 1.165) is 43.7 Å². The van der Waals surface area contributed by atoms with Crippen LogP contribution in [0.3, 0.4) is 0 Å². The molecule has 1 saturated heterocycles. The van der Waals surface area contributed by atoms with E-state index < -0.39 is 0 Å². The van der Waals surface area contributed by atoms with Crippen molar-refractivity contribution in [3.63, 3.8) is 0 Å². The molecule has 1 amide bonds. The first-order valence-corrected chi connectivity index (χ1v) is 10.0. The summed E-state index contributed by atoms with van der Waals surface area (Å²) in [6, 6.07) is 3.81. The summed E-state index contributed by atoms with van der Waals surface area (Å²) in [6.07, 6.45) is 8.08. The van der Waals surface area contributed by atoms with Gasteiger partial charge in [0.2, 0.25) is 0 Å². The maximum Gasteiger partial charge on any atom is 0.274 e. The van der Waals surface area contributed by atoms with E-state index >= 15 is 0 Å². The number of hydrogen-bond acceptors (Lipinski definition) is 6. The summed E-state index contributed by atoms with van der Waals surface area (Å²) >= 11 is 0. The van der Waals surface area contributed by atoms with E-state index in [2.05, 4.69) is 15.0 Å². The van der Waals surface area contributed by atoms with E-state index in [0.29, 0.717) is 23.0 Å². The van der Waals surface area contributed by atoms with Crippen molar-refractivity contribution in [3.05, 3.63) is 47.9 Å². The quantitative estimate of drug-likeness (QED) is 0.678. The third-order valence-electron chi connectivity index (χ3n) is 5.02. The highest BCUT2D eigenvalue weighted by Crippen LogP contribution is 2.25. The minimum absolute atomic E-state index is 0.0978. The van der Waals surface area contributed by atoms with Crippen molar-refractivity contribution in [1.29, 1.82) is 0 Å². The SMILES string of the molecule is Cc1cc(-n2nc(C(C)C)nc2-c2nccnc2C(=O)N2CCCCC2)ccn1. The zero-order valence-electron chi connectivity index (χ0n) is 17.0. The molecular weight excluding hydrogens is 366 g/mol. The second-order valence-electron chi connectivity index (χ2n) is 7.62. The number of piperidine rings is 1. The number of amides is 1. The largest absolute Gasteiger partial charge is 0.337 e. The third-order valence-corrected chi connectivity index (χ3v) is 5.02. The molecule has 0 saturated carbocycles. The number of likely N-dealkylation sites (tertiary alicyclic amines) is 1.